The summed E-state index contributed by atoms with van der Waals surface area (Å²) in [7, 11) is 0. The third kappa shape index (κ3) is 3.05. The fourth-order valence-corrected chi connectivity index (χ4v) is 2.67. The Hall–Kier alpha value is -1.72. The number of alkyl halides is 3. The molecule has 1 aromatic rings. The van der Waals surface area contributed by atoms with Gasteiger partial charge >= 0.3 is 12.1 Å². The summed E-state index contributed by atoms with van der Waals surface area (Å²) in [5.74, 6) is -1.57. The SMILES string of the molecule is CC1(Nc2ccc(C(F)(F)F)c(C(=O)O)c2)CCCC1. The summed E-state index contributed by atoms with van der Waals surface area (Å²) in [5, 5.41) is 12.1. The van der Waals surface area contributed by atoms with Crippen LogP contribution in [0.4, 0.5) is 18.9 Å². The number of nitrogens with one attached hydrogen (secondary N) is 1. The summed E-state index contributed by atoms with van der Waals surface area (Å²) >= 11 is 0. The molecule has 0 heterocycles. The lowest BCUT2D eigenvalue weighted by Gasteiger charge is -2.27. The highest BCUT2D eigenvalue weighted by Crippen LogP contribution is 2.36. The smallest absolute Gasteiger partial charge is 0.417 e. The maximum Gasteiger partial charge on any atom is 0.417 e. The number of aromatic carboxylic acids is 1. The Labute approximate surface area is 114 Å². The highest BCUT2D eigenvalue weighted by atomic mass is 19.4. The van der Waals surface area contributed by atoms with E-state index >= 15 is 0 Å². The van der Waals surface area contributed by atoms with E-state index in [0.717, 1.165) is 37.8 Å². The molecule has 1 aliphatic rings. The van der Waals surface area contributed by atoms with Crippen molar-refractivity contribution in [2.24, 2.45) is 0 Å². The second-order valence-electron chi connectivity index (χ2n) is 5.46. The van der Waals surface area contributed by atoms with Gasteiger partial charge in [-0.1, -0.05) is 12.8 Å². The van der Waals surface area contributed by atoms with Gasteiger partial charge in [-0.3, -0.25) is 0 Å². The second-order valence-corrected chi connectivity index (χ2v) is 5.46. The highest BCUT2D eigenvalue weighted by molar-refractivity contribution is 5.91. The highest BCUT2D eigenvalue weighted by Gasteiger charge is 2.36. The van der Waals surface area contributed by atoms with Gasteiger partial charge in [0.2, 0.25) is 0 Å². The third-order valence-electron chi connectivity index (χ3n) is 3.71. The molecule has 0 bridgehead atoms. The van der Waals surface area contributed by atoms with Gasteiger partial charge < -0.3 is 10.4 Å². The topological polar surface area (TPSA) is 49.3 Å². The van der Waals surface area contributed by atoms with Crippen molar-refractivity contribution in [1.82, 2.24) is 0 Å². The van der Waals surface area contributed by atoms with Gasteiger partial charge in [0.25, 0.3) is 0 Å². The number of carboxylic acids is 1. The lowest BCUT2D eigenvalue weighted by Crippen LogP contribution is -2.31. The van der Waals surface area contributed by atoms with E-state index in [9.17, 15) is 18.0 Å². The van der Waals surface area contributed by atoms with Crippen molar-refractivity contribution in [3.8, 4) is 0 Å². The minimum Gasteiger partial charge on any atom is -0.478 e. The Morgan fingerprint density at radius 3 is 2.40 bits per heavy atom. The standard InChI is InChI=1S/C14H16F3NO2/c1-13(6-2-3-7-13)18-9-4-5-11(14(15,16)17)10(8-9)12(19)20/h4-5,8,18H,2-3,6-7H2,1H3,(H,19,20). The number of anilines is 1. The van der Waals surface area contributed by atoms with Crippen LogP contribution < -0.4 is 5.32 Å². The molecule has 6 heteroatoms. The van der Waals surface area contributed by atoms with E-state index < -0.39 is 23.3 Å². The largest absolute Gasteiger partial charge is 0.478 e. The lowest BCUT2D eigenvalue weighted by atomic mass is 9.99. The van der Waals surface area contributed by atoms with Crippen molar-refractivity contribution >= 4 is 11.7 Å². The van der Waals surface area contributed by atoms with E-state index in [0.29, 0.717) is 5.69 Å². The van der Waals surface area contributed by atoms with Crippen LogP contribution in [0, 0.1) is 0 Å². The van der Waals surface area contributed by atoms with Crippen LogP contribution in [0.2, 0.25) is 0 Å². The molecule has 2 rings (SSSR count). The Balaban J connectivity index is 2.33. The Bertz CT molecular complexity index is 520. The molecule has 3 nitrogen and oxygen atoms in total. The molecule has 1 fully saturated rings. The van der Waals surface area contributed by atoms with E-state index in [1.54, 1.807) is 0 Å². The molecule has 0 saturated heterocycles. The Kier molecular flexibility index (Phi) is 3.67. The van der Waals surface area contributed by atoms with Crippen LogP contribution in [0.25, 0.3) is 0 Å². The molecule has 1 aromatic carbocycles. The quantitative estimate of drug-likeness (QED) is 0.878. The Morgan fingerprint density at radius 2 is 1.90 bits per heavy atom. The minimum absolute atomic E-state index is 0.171. The fraction of sp³-hybridized carbons (Fsp3) is 0.500. The van der Waals surface area contributed by atoms with Gasteiger partial charge in [0.15, 0.2) is 0 Å². The summed E-state index contributed by atoms with van der Waals surface area (Å²) in [5.41, 5.74) is -1.59. The molecule has 0 unspecified atom stereocenters. The van der Waals surface area contributed by atoms with Crippen LogP contribution >= 0.6 is 0 Å². The number of rotatable bonds is 3. The van der Waals surface area contributed by atoms with Crippen molar-refractivity contribution in [3.05, 3.63) is 29.3 Å². The van der Waals surface area contributed by atoms with Crippen molar-refractivity contribution in [1.29, 1.82) is 0 Å². The first-order valence-corrected chi connectivity index (χ1v) is 6.44. The van der Waals surface area contributed by atoms with Crippen molar-refractivity contribution in [3.63, 3.8) is 0 Å². The minimum atomic E-state index is -4.66. The predicted molar refractivity (Wildman–Crippen MR) is 68.9 cm³/mol. The van der Waals surface area contributed by atoms with Crippen molar-refractivity contribution in [2.75, 3.05) is 5.32 Å². The first-order chi connectivity index (χ1) is 9.21. The number of carbonyl (C=O) groups is 1. The second kappa shape index (κ2) is 5.00. The van der Waals surface area contributed by atoms with Crippen molar-refractivity contribution < 1.29 is 23.1 Å². The average Bonchev–Trinajstić information content (AvgIpc) is 2.74. The molecular formula is C14H16F3NO2. The fourth-order valence-electron chi connectivity index (χ4n) is 2.67. The molecule has 2 N–H and O–H groups in total. The zero-order valence-electron chi connectivity index (χ0n) is 11.0. The first kappa shape index (κ1) is 14.7. The number of halogens is 3. The van der Waals surface area contributed by atoms with Gasteiger partial charge in [-0.15, -0.1) is 0 Å². The van der Waals surface area contributed by atoms with Gasteiger partial charge in [-0.25, -0.2) is 4.79 Å². The maximum atomic E-state index is 12.7. The Morgan fingerprint density at radius 1 is 1.30 bits per heavy atom. The third-order valence-corrected chi connectivity index (χ3v) is 3.71. The van der Waals surface area contributed by atoms with E-state index in [1.807, 2.05) is 6.92 Å². The van der Waals surface area contributed by atoms with Gasteiger partial charge in [-0.2, -0.15) is 13.2 Å². The number of hydrogen-bond donors (Lipinski definition) is 2. The summed E-state index contributed by atoms with van der Waals surface area (Å²) in [6, 6.07) is 3.18. The number of carboxylic acid groups (broad SMARTS) is 1. The molecule has 1 saturated carbocycles. The molecule has 0 atom stereocenters. The van der Waals surface area contributed by atoms with Gasteiger partial charge in [0.05, 0.1) is 11.1 Å². The van der Waals surface area contributed by atoms with Gasteiger partial charge in [0.1, 0.15) is 0 Å². The summed E-state index contributed by atoms with van der Waals surface area (Å²) in [6.45, 7) is 2.00. The summed E-state index contributed by atoms with van der Waals surface area (Å²) < 4.78 is 38.2. The molecule has 0 aliphatic heterocycles. The van der Waals surface area contributed by atoms with Crippen LogP contribution in [0.15, 0.2) is 18.2 Å². The molecule has 20 heavy (non-hydrogen) atoms. The maximum absolute atomic E-state index is 12.7. The zero-order valence-corrected chi connectivity index (χ0v) is 11.0. The molecule has 0 radical (unpaired) electrons. The van der Waals surface area contributed by atoms with Gasteiger partial charge in [0, 0.05) is 11.2 Å². The summed E-state index contributed by atoms with van der Waals surface area (Å²) in [4.78, 5) is 11.0. The van der Waals surface area contributed by atoms with E-state index in [1.165, 1.54) is 6.07 Å². The van der Waals surface area contributed by atoms with Crippen LogP contribution in [-0.4, -0.2) is 16.6 Å². The molecule has 1 aliphatic carbocycles. The van der Waals surface area contributed by atoms with Gasteiger partial charge in [-0.05, 0) is 38.0 Å². The van der Waals surface area contributed by atoms with Crippen molar-refractivity contribution in [2.45, 2.75) is 44.3 Å². The zero-order chi connectivity index (χ0) is 15.0. The molecule has 0 amide bonds. The predicted octanol–water partition coefficient (Wildman–Crippen LogP) is 4.15. The van der Waals surface area contributed by atoms with Crippen LogP contribution in [-0.2, 0) is 6.18 Å². The van der Waals surface area contributed by atoms with Crippen LogP contribution in [0.3, 0.4) is 0 Å². The number of hydrogen-bond acceptors (Lipinski definition) is 2. The monoisotopic (exact) mass is 287 g/mol. The normalized spacial score (nSPS) is 18.0. The van der Waals surface area contributed by atoms with E-state index in [4.69, 9.17) is 5.11 Å². The summed E-state index contributed by atoms with van der Waals surface area (Å²) in [6.07, 6.45) is -0.678. The molecule has 0 spiro atoms. The van der Waals surface area contributed by atoms with Crippen LogP contribution in [0.5, 0.6) is 0 Å². The van der Waals surface area contributed by atoms with E-state index in [2.05, 4.69) is 5.32 Å². The molecule has 110 valence electrons. The van der Waals surface area contributed by atoms with Crippen LogP contribution in [0.1, 0.15) is 48.5 Å². The average molecular weight is 287 g/mol. The van der Waals surface area contributed by atoms with E-state index in [-0.39, 0.29) is 5.54 Å². The first-order valence-electron chi connectivity index (χ1n) is 6.44. The molecular weight excluding hydrogens is 271 g/mol. The number of benzene rings is 1. The lowest BCUT2D eigenvalue weighted by molar-refractivity contribution is -0.138. The molecule has 0 aromatic heterocycles.